The van der Waals surface area contributed by atoms with Crippen molar-refractivity contribution in [1.29, 1.82) is 0 Å². The molecule has 0 spiro atoms. The van der Waals surface area contributed by atoms with Crippen LogP contribution in [0.15, 0.2) is 24.5 Å². The molecule has 2 aliphatic rings. The molecule has 0 aliphatic carbocycles. The summed E-state index contributed by atoms with van der Waals surface area (Å²) in [5.41, 5.74) is 0.354. The Bertz CT molecular complexity index is 994. The number of carbonyl (C=O) groups excluding carboxylic acids is 5. The molecular formula is C27H40N6O5S. The van der Waals surface area contributed by atoms with Crippen LogP contribution in [0.25, 0.3) is 0 Å². The minimum Gasteiger partial charge on any atom is -0.356 e. The molecule has 1 aromatic heterocycles. The monoisotopic (exact) mass is 560 g/mol. The number of hydrogen-bond donors (Lipinski definition) is 5. The van der Waals surface area contributed by atoms with Crippen LogP contribution >= 0.6 is 11.8 Å². The SMILES string of the molecule is CC(C)[C@H](NC(=O)c1cccnc1)C(=O)N[C@H](C=O)CCCCNC(=O)CCCC[C@@H]1SC[C@@H]2NC(=O)N[C@@H]21. The van der Waals surface area contributed by atoms with E-state index >= 15 is 0 Å². The van der Waals surface area contributed by atoms with Gasteiger partial charge in [-0.05, 0) is 50.2 Å². The maximum atomic E-state index is 12.8. The zero-order chi connectivity index (χ0) is 28.2. The Hall–Kier alpha value is -3.15. The summed E-state index contributed by atoms with van der Waals surface area (Å²) in [4.78, 5) is 64.4. The highest BCUT2D eigenvalue weighted by atomic mass is 32.2. The zero-order valence-corrected chi connectivity index (χ0v) is 23.4. The van der Waals surface area contributed by atoms with Gasteiger partial charge in [0.05, 0.1) is 23.7 Å². The topological polar surface area (TPSA) is 158 Å². The predicted octanol–water partition coefficient (Wildman–Crippen LogP) is 1.53. The third-order valence-corrected chi connectivity index (χ3v) is 8.50. The van der Waals surface area contributed by atoms with Crippen molar-refractivity contribution >= 4 is 41.8 Å². The molecule has 0 saturated carbocycles. The average Bonchev–Trinajstić information content (AvgIpc) is 3.47. The number of nitrogens with one attached hydrogen (secondary N) is 5. The molecule has 39 heavy (non-hydrogen) atoms. The molecule has 11 nitrogen and oxygen atoms in total. The largest absolute Gasteiger partial charge is 0.356 e. The number of pyridine rings is 1. The van der Waals surface area contributed by atoms with Gasteiger partial charge in [-0.3, -0.25) is 19.4 Å². The molecule has 1 aromatic rings. The lowest BCUT2D eigenvalue weighted by atomic mass is 10.0. The van der Waals surface area contributed by atoms with E-state index in [9.17, 15) is 24.0 Å². The van der Waals surface area contributed by atoms with Crippen LogP contribution in [0.5, 0.6) is 0 Å². The van der Waals surface area contributed by atoms with Crippen LogP contribution in [0.2, 0.25) is 0 Å². The van der Waals surface area contributed by atoms with Crippen LogP contribution in [0.1, 0.15) is 69.2 Å². The highest BCUT2D eigenvalue weighted by Gasteiger charge is 2.42. The first-order valence-corrected chi connectivity index (χ1v) is 14.7. The van der Waals surface area contributed by atoms with E-state index in [-0.39, 0.29) is 29.9 Å². The van der Waals surface area contributed by atoms with Crippen molar-refractivity contribution in [3.05, 3.63) is 30.1 Å². The number of aromatic nitrogens is 1. The lowest BCUT2D eigenvalue weighted by Crippen LogP contribution is -2.52. The Morgan fingerprint density at radius 3 is 2.69 bits per heavy atom. The molecule has 5 N–H and O–H groups in total. The van der Waals surface area contributed by atoms with E-state index in [1.807, 2.05) is 25.6 Å². The van der Waals surface area contributed by atoms with Gasteiger partial charge in [0.25, 0.3) is 5.91 Å². The second kappa shape index (κ2) is 15.4. The molecule has 2 aliphatic heterocycles. The van der Waals surface area contributed by atoms with Gasteiger partial charge in [-0.1, -0.05) is 20.3 Å². The number of hydrogen-bond acceptors (Lipinski definition) is 7. The minimum atomic E-state index is -0.790. The molecule has 12 heteroatoms. The number of unbranched alkanes of at least 4 members (excludes halogenated alkanes) is 2. The van der Waals surface area contributed by atoms with E-state index in [1.54, 1.807) is 18.3 Å². The number of thioether (sulfide) groups is 1. The quantitative estimate of drug-likeness (QED) is 0.117. The maximum absolute atomic E-state index is 12.8. The van der Waals surface area contributed by atoms with E-state index < -0.39 is 23.9 Å². The van der Waals surface area contributed by atoms with E-state index in [4.69, 9.17) is 0 Å². The highest BCUT2D eigenvalue weighted by molar-refractivity contribution is 8.00. The molecule has 2 saturated heterocycles. The van der Waals surface area contributed by atoms with Crippen molar-refractivity contribution < 1.29 is 24.0 Å². The first-order chi connectivity index (χ1) is 18.8. The van der Waals surface area contributed by atoms with Crippen molar-refractivity contribution in [2.24, 2.45) is 5.92 Å². The van der Waals surface area contributed by atoms with Gasteiger partial charge < -0.3 is 31.4 Å². The second-order valence-electron chi connectivity index (χ2n) is 10.4. The molecule has 3 rings (SSSR count). The van der Waals surface area contributed by atoms with Gasteiger partial charge in [-0.2, -0.15) is 11.8 Å². The first kappa shape index (κ1) is 30.4. The first-order valence-electron chi connectivity index (χ1n) is 13.7. The molecule has 0 aromatic carbocycles. The van der Waals surface area contributed by atoms with E-state index in [0.717, 1.165) is 25.0 Å². The summed E-state index contributed by atoms with van der Waals surface area (Å²) in [5.74, 6) is -0.0500. The summed E-state index contributed by atoms with van der Waals surface area (Å²) in [6, 6.07) is 2.13. The Morgan fingerprint density at radius 2 is 1.97 bits per heavy atom. The Morgan fingerprint density at radius 1 is 1.15 bits per heavy atom. The average molecular weight is 561 g/mol. The van der Waals surface area contributed by atoms with Crippen molar-refractivity contribution in [3.63, 3.8) is 0 Å². The van der Waals surface area contributed by atoms with Gasteiger partial charge in [0.15, 0.2) is 0 Å². The summed E-state index contributed by atoms with van der Waals surface area (Å²) in [6.07, 6.45) is 8.65. The highest BCUT2D eigenvalue weighted by Crippen LogP contribution is 2.33. The van der Waals surface area contributed by atoms with Crippen molar-refractivity contribution in [2.45, 2.75) is 88.2 Å². The molecule has 3 heterocycles. The fraction of sp³-hybridized carbons (Fsp3) is 0.630. The summed E-state index contributed by atoms with van der Waals surface area (Å²) in [7, 11) is 0. The normalized spacial score (nSPS) is 21.3. The van der Waals surface area contributed by atoms with E-state index in [2.05, 4.69) is 31.6 Å². The molecule has 5 atom stereocenters. The second-order valence-corrected chi connectivity index (χ2v) is 11.7. The van der Waals surface area contributed by atoms with Gasteiger partial charge >= 0.3 is 6.03 Å². The van der Waals surface area contributed by atoms with Gasteiger partial charge in [-0.15, -0.1) is 0 Å². The van der Waals surface area contributed by atoms with Crippen LogP contribution < -0.4 is 26.6 Å². The summed E-state index contributed by atoms with van der Waals surface area (Å²) in [6.45, 7) is 4.15. The fourth-order valence-corrected chi connectivity index (χ4v) is 6.33. The summed E-state index contributed by atoms with van der Waals surface area (Å²) < 4.78 is 0. The third-order valence-electron chi connectivity index (χ3n) is 7.00. The fourth-order valence-electron chi connectivity index (χ4n) is 4.78. The number of amides is 5. The molecule has 0 bridgehead atoms. The van der Waals surface area contributed by atoms with Crippen molar-refractivity contribution in [1.82, 2.24) is 31.6 Å². The molecule has 0 unspecified atom stereocenters. The number of rotatable bonds is 16. The summed E-state index contributed by atoms with van der Waals surface area (Å²) >= 11 is 1.88. The number of fused-ring (bicyclic) bond motifs is 1. The Labute approximate surface area is 233 Å². The molecule has 2 fully saturated rings. The van der Waals surface area contributed by atoms with E-state index in [1.165, 1.54) is 6.20 Å². The van der Waals surface area contributed by atoms with Crippen LogP contribution in [-0.2, 0) is 14.4 Å². The summed E-state index contributed by atoms with van der Waals surface area (Å²) in [5, 5.41) is 14.7. The zero-order valence-electron chi connectivity index (χ0n) is 22.6. The number of carbonyl (C=O) groups is 5. The van der Waals surface area contributed by atoms with Gasteiger partial charge in [-0.25, -0.2) is 4.79 Å². The number of urea groups is 1. The van der Waals surface area contributed by atoms with Crippen LogP contribution in [0, 0.1) is 5.92 Å². The standard InChI is InChI=1S/C27H40N6O5S/c1-17(2)23(32-25(36)18-8-7-12-28-14-18)26(37)30-19(15-34)9-5-6-13-29-22(35)11-4-3-10-21-24-20(16-39-21)31-27(38)33-24/h7-8,12,14-15,17,19-21,23-24H,3-6,9-11,13,16H2,1-2H3,(H,29,35)(H,30,37)(H,32,36)(H2,31,33,38)/t19-,20-,21-,23-,24-/m0/s1. The van der Waals surface area contributed by atoms with Gasteiger partial charge in [0.2, 0.25) is 11.8 Å². The van der Waals surface area contributed by atoms with Gasteiger partial charge in [0.1, 0.15) is 12.3 Å². The molecule has 0 radical (unpaired) electrons. The lowest BCUT2D eigenvalue weighted by molar-refractivity contribution is -0.126. The lowest BCUT2D eigenvalue weighted by Gasteiger charge is -2.23. The van der Waals surface area contributed by atoms with Crippen molar-refractivity contribution in [3.8, 4) is 0 Å². The van der Waals surface area contributed by atoms with Crippen LogP contribution in [-0.4, -0.2) is 76.7 Å². The van der Waals surface area contributed by atoms with Crippen LogP contribution in [0.4, 0.5) is 4.79 Å². The van der Waals surface area contributed by atoms with Gasteiger partial charge in [0, 0.05) is 36.4 Å². The Kier molecular flexibility index (Phi) is 12.0. The number of nitrogens with zero attached hydrogens (tertiary/aromatic N) is 1. The molecule has 214 valence electrons. The van der Waals surface area contributed by atoms with Crippen molar-refractivity contribution in [2.75, 3.05) is 12.3 Å². The Balaban J connectivity index is 1.27. The molecular weight excluding hydrogens is 520 g/mol. The maximum Gasteiger partial charge on any atom is 0.315 e. The smallest absolute Gasteiger partial charge is 0.315 e. The third kappa shape index (κ3) is 9.52. The predicted molar refractivity (Wildman–Crippen MR) is 149 cm³/mol. The van der Waals surface area contributed by atoms with Crippen LogP contribution in [0.3, 0.4) is 0 Å². The minimum absolute atomic E-state index is 0.00663. The molecule has 5 amide bonds. The van der Waals surface area contributed by atoms with E-state index in [0.29, 0.717) is 49.3 Å². The number of aldehydes is 1.